The lowest BCUT2D eigenvalue weighted by molar-refractivity contribution is 0.0514. The summed E-state index contributed by atoms with van der Waals surface area (Å²) in [6, 6.07) is 14.1. The van der Waals surface area contributed by atoms with Crippen LogP contribution in [0.5, 0.6) is 0 Å². The summed E-state index contributed by atoms with van der Waals surface area (Å²) < 4.78 is 5.61. The maximum absolute atomic E-state index is 6.53. The van der Waals surface area contributed by atoms with Crippen LogP contribution in [-0.4, -0.2) is 44.3 Å². The molecule has 0 amide bonds. The van der Waals surface area contributed by atoms with Gasteiger partial charge in [0.25, 0.3) is 0 Å². The van der Waals surface area contributed by atoms with Gasteiger partial charge in [-0.25, -0.2) is 0 Å². The van der Waals surface area contributed by atoms with Gasteiger partial charge in [0.15, 0.2) is 5.96 Å². The monoisotopic (exact) mass is 386 g/mol. The lowest BCUT2D eigenvalue weighted by Gasteiger charge is -2.38. The summed E-state index contributed by atoms with van der Waals surface area (Å²) in [6.45, 7) is 3.04. The van der Waals surface area contributed by atoms with Crippen molar-refractivity contribution in [1.29, 1.82) is 0 Å². The molecular formula is C21H27ClN4O. The lowest BCUT2D eigenvalue weighted by atomic mass is 9.74. The minimum atomic E-state index is -0.0464. The maximum Gasteiger partial charge on any atom is 0.191 e. The Hall–Kier alpha value is -2.11. The largest absolute Gasteiger partial charge is 0.381 e. The summed E-state index contributed by atoms with van der Waals surface area (Å²) in [5.41, 5.74) is 2.21. The molecule has 2 N–H and O–H groups in total. The molecule has 0 atom stereocenters. The first-order chi connectivity index (χ1) is 13.2. The van der Waals surface area contributed by atoms with E-state index in [0.717, 1.165) is 62.2 Å². The van der Waals surface area contributed by atoms with E-state index in [1.807, 2.05) is 36.5 Å². The second-order valence-electron chi connectivity index (χ2n) is 6.80. The molecule has 1 aromatic carbocycles. The van der Waals surface area contributed by atoms with Crippen LogP contribution in [0.3, 0.4) is 0 Å². The molecule has 1 aliphatic rings. The molecule has 6 heteroatoms. The van der Waals surface area contributed by atoms with Crippen molar-refractivity contribution in [1.82, 2.24) is 15.6 Å². The van der Waals surface area contributed by atoms with Gasteiger partial charge in [0.1, 0.15) is 0 Å². The van der Waals surface area contributed by atoms with Gasteiger partial charge < -0.3 is 15.4 Å². The van der Waals surface area contributed by atoms with Gasteiger partial charge in [-0.1, -0.05) is 35.9 Å². The van der Waals surface area contributed by atoms with Gasteiger partial charge in [0, 0.05) is 62.1 Å². The van der Waals surface area contributed by atoms with E-state index < -0.39 is 0 Å². The SMILES string of the molecule is CN=C(NCCc1ccccn1)NCC1(c2ccccc2Cl)CCOCC1. The third kappa shape index (κ3) is 5.21. The number of hydrogen-bond acceptors (Lipinski definition) is 3. The molecule has 0 saturated carbocycles. The standard InChI is InChI=1S/C21H27ClN4O/c1-23-20(25-13-9-17-6-4-5-12-24-17)26-16-21(10-14-27-15-11-21)18-7-2-3-8-19(18)22/h2-8,12H,9-11,13-16H2,1H3,(H2,23,25,26). The number of halogens is 1. The molecule has 1 saturated heterocycles. The molecule has 5 nitrogen and oxygen atoms in total. The van der Waals surface area contributed by atoms with Gasteiger partial charge in [-0.05, 0) is 36.6 Å². The minimum Gasteiger partial charge on any atom is -0.381 e. The van der Waals surface area contributed by atoms with E-state index in [1.165, 1.54) is 5.56 Å². The summed E-state index contributed by atoms with van der Waals surface area (Å²) in [5, 5.41) is 7.69. The van der Waals surface area contributed by atoms with E-state index in [4.69, 9.17) is 16.3 Å². The lowest BCUT2D eigenvalue weighted by Crippen LogP contribution is -2.48. The zero-order chi connectivity index (χ0) is 19.0. The zero-order valence-electron chi connectivity index (χ0n) is 15.7. The molecule has 1 aromatic heterocycles. The number of aliphatic imine (C=N–C) groups is 1. The van der Waals surface area contributed by atoms with Crippen molar-refractivity contribution in [3.63, 3.8) is 0 Å². The van der Waals surface area contributed by atoms with Gasteiger partial charge in [-0.2, -0.15) is 0 Å². The van der Waals surface area contributed by atoms with Crippen molar-refractivity contribution in [2.24, 2.45) is 4.99 Å². The van der Waals surface area contributed by atoms with Crippen LogP contribution >= 0.6 is 11.6 Å². The van der Waals surface area contributed by atoms with Crippen molar-refractivity contribution < 1.29 is 4.74 Å². The molecule has 1 fully saturated rings. The number of hydrogen-bond donors (Lipinski definition) is 2. The second-order valence-corrected chi connectivity index (χ2v) is 7.20. The van der Waals surface area contributed by atoms with E-state index in [9.17, 15) is 0 Å². The molecule has 0 radical (unpaired) electrons. The van der Waals surface area contributed by atoms with Gasteiger partial charge in [-0.3, -0.25) is 9.98 Å². The highest BCUT2D eigenvalue weighted by Crippen LogP contribution is 2.38. The quantitative estimate of drug-likeness (QED) is 0.591. The molecule has 2 heterocycles. The number of rotatable bonds is 6. The van der Waals surface area contributed by atoms with Crippen molar-refractivity contribution in [2.75, 3.05) is 33.4 Å². The molecule has 1 aliphatic heterocycles. The van der Waals surface area contributed by atoms with E-state index in [-0.39, 0.29) is 5.41 Å². The van der Waals surface area contributed by atoms with E-state index in [0.29, 0.717) is 0 Å². The average Bonchev–Trinajstić information content (AvgIpc) is 2.72. The second kappa shape index (κ2) is 9.72. The van der Waals surface area contributed by atoms with Crippen LogP contribution in [0, 0.1) is 0 Å². The van der Waals surface area contributed by atoms with Crippen molar-refractivity contribution >= 4 is 17.6 Å². The fourth-order valence-corrected chi connectivity index (χ4v) is 3.86. The Labute approximate surface area is 166 Å². The fourth-order valence-electron chi connectivity index (χ4n) is 3.52. The van der Waals surface area contributed by atoms with Gasteiger partial charge >= 0.3 is 0 Å². The predicted molar refractivity (Wildman–Crippen MR) is 110 cm³/mol. The van der Waals surface area contributed by atoms with Gasteiger partial charge in [0.2, 0.25) is 0 Å². The van der Waals surface area contributed by atoms with E-state index in [1.54, 1.807) is 7.05 Å². The van der Waals surface area contributed by atoms with Crippen LogP contribution in [0.4, 0.5) is 0 Å². The minimum absolute atomic E-state index is 0.0464. The van der Waals surface area contributed by atoms with Crippen LogP contribution in [0.2, 0.25) is 5.02 Å². The molecule has 144 valence electrons. The Kier molecular flexibility index (Phi) is 7.07. The first kappa shape index (κ1) is 19.6. The van der Waals surface area contributed by atoms with Crippen LogP contribution in [0.25, 0.3) is 0 Å². The van der Waals surface area contributed by atoms with Gasteiger partial charge in [-0.15, -0.1) is 0 Å². The van der Waals surface area contributed by atoms with E-state index in [2.05, 4.69) is 32.7 Å². The highest BCUT2D eigenvalue weighted by atomic mass is 35.5. The summed E-state index contributed by atoms with van der Waals surface area (Å²) in [6.07, 6.45) is 4.55. The summed E-state index contributed by atoms with van der Waals surface area (Å²) >= 11 is 6.53. The first-order valence-corrected chi connectivity index (χ1v) is 9.78. The molecule has 0 spiro atoms. The molecule has 27 heavy (non-hydrogen) atoms. The molecule has 0 bridgehead atoms. The Morgan fingerprint density at radius 1 is 1.15 bits per heavy atom. The van der Waals surface area contributed by atoms with Crippen molar-refractivity contribution in [3.05, 3.63) is 64.9 Å². The summed E-state index contributed by atoms with van der Waals surface area (Å²) in [4.78, 5) is 8.71. The number of aromatic nitrogens is 1. The Balaban J connectivity index is 1.61. The van der Waals surface area contributed by atoms with Crippen molar-refractivity contribution in [2.45, 2.75) is 24.7 Å². The summed E-state index contributed by atoms with van der Waals surface area (Å²) in [7, 11) is 1.79. The average molecular weight is 387 g/mol. The normalized spacial score (nSPS) is 16.7. The summed E-state index contributed by atoms with van der Waals surface area (Å²) in [5.74, 6) is 0.795. The topological polar surface area (TPSA) is 58.5 Å². The highest BCUT2D eigenvalue weighted by Gasteiger charge is 2.36. The van der Waals surface area contributed by atoms with Crippen LogP contribution in [0.1, 0.15) is 24.1 Å². The number of pyridine rings is 1. The number of nitrogens with zero attached hydrogens (tertiary/aromatic N) is 2. The van der Waals surface area contributed by atoms with Gasteiger partial charge in [0.05, 0.1) is 0 Å². The Bertz CT molecular complexity index is 745. The van der Waals surface area contributed by atoms with Crippen LogP contribution < -0.4 is 10.6 Å². The number of benzene rings is 1. The van der Waals surface area contributed by atoms with Crippen LogP contribution in [-0.2, 0) is 16.6 Å². The van der Waals surface area contributed by atoms with Crippen molar-refractivity contribution in [3.8, 4) is 0 Å². The first-order valence-electron chi connectivity index (χ1n) is 9.41. The van der Waals surface area contributed by atoms with Crippen LogP contribution in [0.15, 0.2) is 53.7 Å². The third-order valence-corrected chi connectivity index (χ3v) is 5.44. The fraction of sp³-hybridized carbons (Fsp3) is 0.429. The smallest absolute Gasteiger partial charge is 0.191 e. The Morgan fingerprint density at radius 3 is 2.63 bits per heavy atom. The molecule has 0 aliphatic carbocycles. The number of ether oxygens (including phenoxy) is 1. The molecule has 3 rings (SSSR count). The maximum atomic E-state index is 6.53. The zero-order valence-corrected chi connectivity index (χ0v) is 16.5. The predicted octanol–water partition coefficient (Wildman–Crippen LogP) is 3.19. The van der Waals surface area contributed by atoms with E-state index >= 15 is 0 Å². The molecule has 0 unspecified atom stereocenters. The highest BCUT2D eigenvalue weighted by molar-refractivity contribution is 6.31. The number of guanidine groups is 1. The third-order valence-electron chi connectivity index (χ3n) is 5.11. The molecule has 2 aromatic rings. The number of nitrogens with one attached hydrogen (secondary N) is 2. The Morgan fingerprint density at radius 2 is 1.93 bits per heavy atom. The molecular weight excluding hydrogens is 360 g/mol.